The van der Waals surface area contributed by atoms with E-state index in [4.69, 9.17) is 11.6 Å². The fraction of sp³-hybridized carbons (Fsp3) is 0.350. The molecule has 1 amide bonds. The molecule has 4 heteroatoms. The lowest BCUT2D eigenvalue weighted by Gasteiger charge is -2.16. The number of carbonyl (C=O) groups is 1. The third-order valence-electron chi connectivity index (χ3n) is 3.82. The number of nitrogens with one attached hydrogen (secondary N) is 1. The summed E-state index contributed by atoms with van der Waals surface area (Å²) in [5.74, 6) is 1.39. The molecule has 2 rings (SSSR count). The summed E-state index contributed by atoms with van der Waals surface area (Å²) < 4.78 is 0. The molecule has 0 aromatic heterocycles. The van der Waals surface area contributed by atoms with E-state index in [-0.39, 0.29) is 5.91 Å². The minimum atomic E-state index is 0.0860. The normalized spacial score (nSPS) is 10.9. The summed E-state index contributed by atoms with van der Waals surface area (Å²) in [7, 11) is 0. The quantitative estimate of drug-likeness (QED) is 0.464. The van der Waals surface area contributed by atoms with E-state index in [1.54, 1.807) is 11.8 Å². The molecule has 0 aliphatic carbocycles. The highest BCUT2D eigenvalue weighted by molar-refractivity contribution is 7.99. The standard InChI is InChI=1S/C20H24ClNOS/c1-14(2)18-7-4-6-15(3)20(18)22-19(23)8-5-13-24-17-11-9-16(21)10-12-17/h4,6-7,9-12,14H,5,8,13H2,1-3H3,(H,22,23). The Hall–Kier alpha value is -1.45. The number of anilines is 1. The van der Waals surface area contributed by atoms with E-state index < -0.39 is 0 Å². The summed E-state index contributed by atoms with van der Waals surface area (Å²) in [6, 6.07) is 14.0. The summed E-state index contributed by atoms with van der Waals surface area (Å²) in [4.78, 5) is 13.4. The van der Waals surface area contributed by atoms with Gasteiger partial charge in [-0.25, -0.2) is 0 Å². The van der Waals surface area contributed by atoms with E-state index in [0.717, 1.165) is 28.4 Å². The molecule has 0 atom stereocenters. The number of amides is 1. The maximum atomic E-state index is 12.3. The van der Waals surface area contributed by atoms with Crippen LogP contribution in [0.25, 0.3) is 0 Å². The van der Waals surface area contributed by atoms with E-state index >= 15 is 0 Å². The average Bonchev–Trinajstić information content (AvgIpc) is 2.55. The molecule has 0 aliphatic heterocycles. The summed E-state index contributed by atoms with van der Waals surface area (Å²) in [6.07, 6.45) is 1.38. The van der Waals surface area contributed by atoms with Gasteiger partial charge in [0.1, 0.15) is 0 Å². The number of hydrogen-bond acceptors (Lipinski definition) is 2. The molecule has 0 radical (unpaired) electrons. The van der Waals surface area contributed by atoms with Crippen molar-refractivity contribution < 1.29 is 4.79 Å². The van der Waals surface area contributed by atoms with Crippen LogP contribution in [-0.4, -0.2) is 11.7 Å². The van der Waals surface area contributed by atoms with Gasteiger partial charge in [0.05, 0.1) is 0 Å². The number of halogens is 1. The van der Waals surface area contributed by atoms with E-state index in [9.17, 15) is 4.79 Å². The Balaban J connectivity index is 1.82. The van der Waals surface area contributed by atoms with Gasteiger partial charge in [0.15, 0.2) is 0 Å². The number of thioether (sulfide) groups is 1. The zero-order chi connectivity index (χ0) is 17.5. The highest BCUT2D eigenvalue weighted by Gasteiger charge is 2.11. The van der Waals surface area contributed by atoms with Crippen LogP contribution in [0.15, 0.2) is 47.4 Å². The first-order valence-electron chi connectivity index (χ1n) is 8.25. The Morgan fingerprint density at radius 1 is 1.17 bits per heavy atom. The monoisotopic (exact) mass is 361 g/mol. The van der Waals surface area contributed by atoms with Gasteiger partial charge < -0.3 is 5.32 Å². The number of carbonyl (C=O) groups excluding carboxylic acids is 1. The summed E-state index contributed by atoms with van der Waals surface area (Å²) >= 11 is 7.63. The largest absolute Gasteiger partial charge is 0.326 e. The van der Waals surface area contributed by atoms with Gasteiger partial charge in [0, 0.05) is 22.0 Å². The smallest absolute Gasteiger partial charge is 0.224 e. The predicted octanol–water partition coefficient (Wildman–Crippen LogP) is 6.28. The van der Waals surface area contributed by atoms with Crippen molar-refractivity contribution in [2.24, 2.45) is 0 Å². The van der Waals surface area contributed by atoms with Crippen LogP contribution in [0.1, 0.15) is 43.7 Å². The first kappa shape index (κ1) is 18.9. The van der Waals surface area contributed by atoms with Crippen LogP contribution >= 0.6 is 23.4 Å². The van der Waals surface area contributed by atoms with Crippen LogP contribution in [0.3, 0.4) is 0 Å². The van der Waals surface area contributed by atoms with Crippen molar-refractivity contribution in [1.82, 2.24) is 0 Å². The number of para-hydroxylation sites is 1. The Kier molecular flexibility index (Phi) is 7.19. The number of rotatable bonds is 7. The zero-order valence-electron chi connectivity index (χ0n) is 14.4. The van der Waals surface area contributed by atoms with Crippen LogP contribution in [0.5, 0.6) is 0 Å². The summed E-state index contributed by atoms with van der Waals surface area (Å²) in [5.41, 5.74) is 3.28. The molecule has 0 heterocycles. The lowest BCUT2D eigenvalue weighted by molar-refractivity contribution is -0.116. The minimum absolute atomic E-state index is 0.0860. The van der Waals surface area contributed by atoms with Crippen LogP contribution in [0.2, 0.25) is 5.02 Å². The minimum Gasteiger partial charge on any atom is -0.326 e. The van der Waals surface area contributed by atoms with Crippen LogP contribution in [-0.2, 0) is 4.79 Å². The second-order valence-corrected chi connectivity index (χ2v) is 7.75. The molecule has 2 aromatic carbocycles. The van der Waals surface area contributed by atoms with Crippen molar-refractivity contribution in [3.05, 3.63) is 58.6 Å². The number of aryl methyl sites for hydroxylation is 1. The van der Waals surface area contributed by atoms with Crippen LogP contribution in [0.4, 0.5) is 5.69 Å². The molecule has 0 saturated carbocycles. The topological polar surface area (TPSA) is 29.1 Å². The van der Waals surface area contributed by atoms with Gasteiger partial charge in [-0.05, 0) is 60.4 Å². The molecule has 0 unspecified atom stereocenters. The fourth-order valence-corrected chi connectivity index (χ4v) is 3.48. The molecule has 0 bridgehead atoms. The molecule has 1 N–H and O–H groups in total. The van der Waals surface area contributed by atoms with Crippen molar-refractivity contribution in [2.75, 3.05) is 11.1 Å². The maximum Gasteiger partial charge on any atom is 0.224 e. The molecule has 128 valence electrons. The Bertz CT molecular complexity index is 683. The Morgan fingerprint density at radius 3 is 2.54 bits per heavy atom. The predicted molar refractivity (Wildman–Crippen MR) is 105 cm³/mol. The van der Waals surface area contributed by atoms with E-state index in [1.807, 2.05) is 43.3 Å². The molecular formula is C20H24ClNOS. The van der Waals surface area contributed by atoms with Gasteiger partial charge >= 0.3 is 0 Å². The lowest BCUT2D eigenvalue weighted by Crippen LogP contribution is -2.14. The fourth-order valence-electron chi connectivity index (χ4n) is 2.50. The van der Waals surface area contributed by atoms with Crippen molar-refractivity contribution >= 4 is 35.0 Å². The molecular weight excluding hydrogens is 338 g/mol. The Morgan fingerprint density at radius 2 is 1.88 bits per heavy atom. The first-order chi connectivity index (χ1) is 11.5. The molecule has 2 aromatic rings. The van der Waals surface area contributed by atoms with Crippen LogP contribution < -0.4 is 5.32 Å². The van der Waals surface area contributed by atoms with Crippen molar-refractivity contribution in [2.45, 2.75) is 44.4 Å². The molecule has 0 spiro atoms. The van der Waals surface area contributed by atoms with Crippen molar-refractivity contribution in [3.8, 4) is 0 Å². The lowest BCUT2D eigenvalue weighted by atomic mass is 9.98. The van der Waals surface area contributed by atoms with Crippen molar-refractivity contribution in [3.63, 3.8) is 0 Å². The van der Waals surface area contributed by atoms with E-state index in [1.165, 1.54) is 10.5 Å². The number of benzene rings is 2. The van der Waals surface area contributed by atoms with Gasteiger partial charge in [0.25, 0.3) is 0 Å². The first-order valence-corrected chi connectivity index (χ1v) is 9.61. The molecule has 24 heavy (non-hydrogen) atoms. The summed E-state index contributed by atoms with van der Waals surface area (Å²) in [5, 5.41) is 3.85. The van der Waals surface area contributed by atoms with E-state index in [2.05, 4.69) is 25.2 Å². The van der Waals surface area contributed by atoms with E-state index in [0.29, 0.717) is 12.3 Å². The molecule has 0 saturated heterocycles. The molecule has 0 aliphatic rings. The Labute approximate surface area is 154 Å². The van der Waals surface area contributed by atoms with Gasteiger partial charge in [0.2, 0.25) is 5.91 Å². The highest BCUT2D eigenvalue weighted by Crippen LogP contribution is 2.28. The van der Waals surface area contributed by atoms with Gasteiger partial charge in [-0.2, -0.15) is 0 Å². The second kappa shape index (κ2) is 9.14. The average molecular weight is 362 g/mol. The van der Waals surface area contributed by atoms with Crippen LogP contribution in [0, 0.1) is 6.92 Å². The van der Waals surface area contributed by atoms with Gasteiger partial charge in [-0.1, -0.05) is 43.6 Å². The third-order valence-corrected chi connectivity index (χ3v) is 5.17. The van der Waals surface area contributed by atoms with Gasteiger partial charge in [-0.15, -0.1) is 11.8 Å². The maximum absolute atomic E-state index is 12.3. The molecule has 0 fully saturated rings. The third kappa shape index (κ3) is 5.57. The summed E-state index contributed by atoms with van der Waals surface area (Å²) in [6.45, 7) is 6.33. The van der Waals surface area contributed by atoms with Gasteiger partial charge in [-0.3, -0.25) is 4.79 Å². The second-order valence-electron chi connectivity index (χ2n) is 6.15. The highest BCUT2D eigenvalue weighted by atomic mass is 35.5. The number of hydrogen-bond donors (Lipinski definition) is 1. The van der Waals surface area contributed by atoms with Crippen molar-refractivity contribution in [1.29, 1.82) is 0 Å². The molecule has 2 nitrogen and oxygen atoms in total. The SMILES string of the molecule is Cc1cccc(C(C)C)c1NC(=O)CCCSc1ccc(Cl)cc1. The zero-order valence-corrected chi connectivity index (χ0v) is 16.0.